The minimum atomic E-state index is -0.506. The van der Waals surface area contributed by atoms with Crippen molar-refractivity contribution in [2.75, 3.05) is 0 Å². The molecule has 0 saturated carbocycles. The molecule has 0 saturated heterocycles. The molecule has 1 amide bonds. The van der Waals surface area contributed by atoms with Gasteiger partial charge in [0.1, 0.15) is 11.5 Å². The molecule has 1 aromatic heterocycles. The van der Waals surface area contributed by atoms with Crippen molar-refractivity contribution in [3.05, 3.63) is 46.3 Å². The Labute approximate surface area is 122 Å². The molecule has 0 fully saturated rings. The van der Waals surface area contributed by atoms with Gasteiger partial charge in [-0.25, -0.2) is 5.43 Å². The highest BCUT2D eigenvalue weighted by molar-refractivity contribution is 9.10. The number of halogens is 1. The van der Waals surface area contributed by atoms with Crippen molar-refractivity contribution in [2.45, 2.75) is 6.92 Å². The van der Waals surface area contributed by atoms with Gasteiger partial charge in [-0.2, -0.15) is 5.10 Å². The van der Waals surface area contributed by atoms with Gasteiger partial charge in [0, 0.05) is 11.6 Å². The van der Waals surface area contributed by atoms with Crippen LogP contribution in [0, 0.1) is 0 Å². The van der Waals surface area contributed by atoms with Gasteiger partial charge in [-0.1, -0.05) is 0 Å². The zero-order valence-corrected chi connectivity index (χ0v) is 12.0. The first-order valence-electron chi connectivity index (χ1n) is 5.59. The molecule has 6 nitrogen and oxygen atoms in total. The third kappa shape index (κ3) is 3.18. The highest BCUT2D eigenvalue weighted by Crippen LogP contribution is 2.23. The summed E-state index contributed by atoms with van der Waals surface area (Å²) in [7, 11) is 0. The third-order valence-electron chi connectivity index (χ3n) is 2.49. The molecule has 3 N–H and O–H groups in total. The molecule has 104 valence electrons. The molecule has 0 aliphatic rings. The summed E-state index contributed by atoms with van der Waals surface area (Å²) in [6, 6.07) is 7.21. The lowest BCUT2D eigenvalue weighted by Crippen LogP contribution is -2.18. The summed E-state index contributed by atoms with van der Waals surface area (Å²) in [6.07, 6.45) is 0. The predicted molar refractivity (Wildman–Crippen MR) is 75.9 cm³/mol. The minimum Gasteiger partial charge on any atom is -0.508 e. The molecule has 1 aromatic carbocycles. The second-order valence-electron chi connectivity index (χ2n) is 3.94. The van der Waals surface area contributed by atoms with Crippen LogP contribution in [-0.4, -0.2) is 21.8 Å². The van der Waals surface area contributed by atoms with Crippen molar-refractivity contribution < 1.29 is 19.4 Å². The molecule has 20 heavy (non-hydrogen) atoms. The first kappa shape index (κ1) is 14.1. The van der Waals surface area contributed by atoms with E-state index in [4.69, 9.17) is 4.42 Å². The lowest BCUT2D eigenvalue weighted by Gasteiger charge is -2.04. The van der Waals surface area contributed by atoms with Crippen LogP contribution in [0.1, 0.15) is 23.0 Å². The Morgan fingerprint density at radius 3 is 2.65 bits per heavy atom. The third-order valence-corrected chi connectivity index (χ3v) is 2.92. The van der Waals surface area contributed by atoms with Crippen LogP contribution in [-0.2, 0) is 0 Å². The van der Waals surface area contributed by atoms with Gasteiger partial charge < -0.3 is 14.6 Å². The number of benzene rings is 1. The quantitative estimate of drug-likeness (QED) is 0.592. The molecular formula is C13H11BrN2O4. The highest BCUT2D eigenvalue weighted by atomic mass is 79.9. The van der Waals surface area contributed by atoms with Crippen LogP contribution < -0.4 is 5.43 Å². The normalized spacial score (nSPS) is 11.4. The molecule has 0 radical (unpaired) electrons. The molecule has 7 heteroatoms. The Morgan fingerprint density at radius 2 is 2.05 bits per heavy atom. The van der Waals surface area contributed by atoms with Crippen molar-refractivity contribution in [3.63, 3.8) is 0 Å². The summed E-state index contributed by atoms with van der Waals surface area (Å²) >= 11 is 3.09. The van der Waals surface area contributed by atoms with E-state index < -0.39 is 5.91 Å². The number of aromatic hydroxyl groups is 2. The SMILES string of the molecule is CC(=NNC(=O)c1ccc(Br)o1)c1ccc(O)cc1O. The van der Waals surface area contributed by atoms with Crippen LogP contribution >= 0.6 is 15.9 Å². The van der Waals surface area contributed by atoms with Crippen LogP contribution in [0.2, 0.25) is 0 Å². The Hall–Kier alpha value is -2.28. The Bertz CT molecular complexity index is 679. The van der Waals surface area contributed by atoms with Gasteiger partial charge in [0.05, 0.1) is 5.71 Å². The number of nitrogens with zero attached hydrogens (tertiary/aromatic N) is 1. The molecule has 2 rings (SSSR count). The number of phenols is 2. The number of furan rings is 1. The van der Waals surface area contributed by atoms with Gasteiger partial charge >= 0.3 is 5.91 Å². The van der Waals surface area contributed by atoms with Crippen LogP contribution in [0.25, 0.3) is 0 Å². The topological polar surface area (TPSA) is 95.1 Å². The molecule has 0 bridgehead atoms. The number of nitrogens with one attached hydrogen (secondary N) is 1. The first-order chi connectivity index (χ1) is 9.47. The van der Waals surface area contributed by atoms with Gasteiger partial charge in [0.15, 0.2) is 10.4 Å². The van der Waals surface area contributed by atoms with Gasteiger partial charge in [-0.3, -0.25) is 4.79 Å². The monoisotopic (exact) mass is 338 g/mol. The van der Waals surface area contributed by atoms with Gasteiger partial charge in [0.25, 0.3) is 0 Å². The number of hydrazone groups is 1. The van der Waals surface area contributed by atoms with Gasteiger partial charge in [-0.15, -0.1) is 0 Å². The maximum atomic E-state index is 11.7. The number of hydrogen-bond acceptors (Lipinski definition) is 5. The number of hydrogen-bond donors (Lipinski definition) is 3. The summed E-state index contributed by atoms with van der Waals surface area (Å²) in [4.78, 5) is 11.7. The molecule has 1 heterocycles. The summed E-state index contributed by atoms with van der Waals surface area (Å²) < 4.78 is 5.52. The Balaban J connectivity index is 2.13. The minimum absolute atomic E-state index is 0.0523. The van der Waals surface area contributed by atoms with Crippen molar-refractivity contribution in [1.29, 1.82) is 0 Å². The fourth-order valence-corrected chi connectivity index (χ4v) is 1.82. The van der Waals surface area contributed by atoms with E-state index in [9.17, 15) is 15.0 Å². The number of phenolic OH excluding ortho intramolecular Hbond substituents is 2. The Morgan fingerprint density at radius 1 is 1.30 bits per heavy atom. The molecular weight excluding hydrogens is 328 g/mol. The maximum Gasteiger partial charge on any atom is 0.307 e. The Kier molecular flexibility index (Phi) is 4.09. The van der Waals surface area contributed by atoms with Crippen LogP contribution in [0.5, 0.6) is 11.5 Å². The van der Waals surface area contributed by atoms with E-state index in [1.165, 1.54) is 24.3 Å². The highest BCUT2D eigenvalue weighted by Gasteiger charge is 2.10. The van der Waals surface area contributed by atoms with Crippen LogP contribution in [0.4, 0.5) is 0 Å². The van der Waals surface area contributed by atoms with Crippen LogP contribution in [0.15, 0.2) is 44.5 Å². The van der Waals surface area contributed by atoms with Crippen molar-refractivity contribution >= 4 is 27.5 Å². The van der Waals surface area contributed by atoms with E-state index >= 15 is 0 Å². The van der Waals surface area contributed by atoms with Gasteiger partial charge in [-0.05, 0) is 47.1 Å². The summed E-state index contributed by atoms with van der Waals surface area (Å²) in [5.74, 6) is -0.568. The van der Waals surface area contributed by atoms with E-state index in [1.807, 2.05) is 0 Å². The summed E-state index contributed by atoms with van der Waals surface area (Å²) in [6.45, 7) is 1.62. The molecule has 0 aliphatic heterocycles. The standard InChI is InChI=1S/C13H11BrN2O4/c1-7(9-3-2-8(17)6-10(9)18)15-16-13(19)11-4-5-12(14)20-11/h2-6,17-18H,1H3,(H,16,19). The zero-order chi connectivity index (χ0) is 14.7. The van der Waals surface area contributed by atoms with E-state index in [-0.39, 0.29) is 17.3 Å². The van der Waals surface area contributed by atoms with E-state index in [2.05, 4.69) is 26.5 Å². The molecule has 0 spiro atoms. The molecule has 2 aromatic rings. The molecule has 0 atom stereocenters. The average molecular weight is 339 g/mol. The largest absolute Gasteiger partial charge is 0.508 e. The van der Waals surface area contributed by atoms with Gasteiger partial charge in [0.2, 0.25) is 0 Å². The van der Waals surface area contributed by atoms with Crippen molar-refractivity contribution in [3.8, 4) is 11.5 Å². The second-order valence-corrected chi connectivity index (χ2v) is 4.72. The molecule has 0 aliphatic carbocycles. The summed E-state index contributed by atoms with van der Waals surface area (Å²) in [5.41, 5.74) is 3.11. The van der Waals surface area contributed by atoms with Crippen molar-refractivity contribution in [2.24, 2.45) is 5.10 Å². The lowest BCUT2D eigenvalue weighted by molar-refractivity contribution is 0.0926. The van der Waals surface area contributed by atoms with Crippen LogP contribution in [0.3, 0.4) is 0 Å². The van der Waals surface area contributed by atoms with E-state index in [0.717, 1.165) is 0 Å². The smallest absolute Gasteiger partial charge is 0.307 e. The maximum absolute atomic E-state index is 11.7. The average Bonchev–Trinajstić information content (AvgIpc) is 2.82. The fraction of sp³-hybridized carbons (Fsp3) is 0.0769. The zero-order valence-electron chi connectivity index (χ0n) is 10.4. The molecule has 0 unspecified atom stereocenters. The second kappa shape index (κ2) is 5.79. The first-order valence-corrected chi connectivity index (χ1v) is 6.39. The van der Waals surface area contributed by atoms with Crippen molar-refractivity contribution in [1.82, 2.24) is 5.43 Å². The lowest BCUT2D eigenvalue weighted by atomic mass is 10.1. The number of rotatable bonds is 3. The summed E-state index contributed by atoms with van der Waals surface area (Å²) in [5, 5.41) is 22.7. The van der Waals surface area contributed by atoms with E-state index in [0.29, 0.717) is 15.9 Å². The number of carbonyl (C=O) groups excluding carboxylic acids is 1. The van der Waals surface area contributed by atoms with E-state index in [1.54, 1.807) is 13.0 Å². The predicted octanol–water partition coefficient (Wildman–Crippen LogP) is 2.61. The fourth-order valence-electron chi connectivity index (χ4n) is 1.51. The number of carbonyl (C=O) groups is 1. The number of amides is 1.